The summed E-state index contributed by atoms with van der Waals surface area (Å²) in [5.74, 6) is 0.352. The molecule has 2 fully saturated rings. The van der Waals surface area contributed by atoms with E-state index >= 15 is 0 Å². The van der Waals surface area contributed by atoms with Gasteiger partial charge in [0.2, 0.25) is 5.91 Å². The molecular formula is C14H26N2O. The van der Waals surface area contributed by atoms with E-state index in [9.17, 15) is 4.79 Å². The summed E-state index contributed by atoms with van der Waals surface area (Å²) in [7, 11) is 0. The van der Waals surface area contributed by atoms with E-state index in [0.29, 0.717) is 5.91 Å². The average molecular weight is 238 g/mol. The Bertz CT molecular complexity index is 309. The van der Waals surface area contributed by atoms with Crippen molar-refractivity contribution in [2.75, 3.05) is 13.1 Å². The second-order valence-corrected chi connectivity index (χ2v) is 6.98. The Balaban J connectivity index is 2.05. The lowest BCUT2D eigenvalue weighted by atomic mass is 9.74. The van der Waals surface area contributed by atoms with Crippen molar-refractivity contribution >= 4 is 5.91 Å². The highest BCUT2D eigenvalue weighted by molar-refractivity contribution is 5.80. The van der Waals surface area contributed by atoms with Gasteiger partial charge in [0.15, 0.2) is 0 Å². The van der Waals surface area contributed by atoms with E-state index in [-0.39, 0.29) is 16.9 Å². The number of rotatable bonds is 1. The van der Waals surface area contributed by atoms with Crippen LogP contribution in [0.15, 0.2) is 0 Å². The number of carbonyl (C=O) groups is 1. The third-order valence-electron chi connectivity index (χ3n) is 4.54. The molecule has 0 radical (unpaired) electrons. The number of hydrogen-bond donors (Lipinski definition) is 1. The SMILES string of the molecule is CC1(C)CCN(C(=O)C2CCCCC2(C)N)C1. The fraction of sp³-hybridized carbons (Fsp3) is 0.929. The monoisotopic (exact) mass is 238 g/mol. The van der Waals surface area contributed by atoms with Crippen LogP contribution in [0.3, 0.4) is 0 Å². The van der Waals surface area contributed by atoms with Gasteiger partial charge in [-0.3, -0.25) is 4.79 Å². The van der Waals surface area contributed by atoms with Gasteiger partial charge in [-0.2, -0.15) is 0 Å². The van der Waals surface area contributed by atoms with Gasteiger partial charge in [-0.05, 0) is 31.6 Å². The molecule has 0 aromatic heterocycles. The van der Waals surface area contributed by atoms with Gasteiger partial charge in [-0.25, -0.2) is 0 Å². The van der Waals surface area contributed by atoms with E-state index in [2.05, 4.69) is 20.8 Å². The summed E-state index contributed by atoms with van der Waals surface area (Å²) in [6, 6.07) is 0. The minimum atomic E-state index is -0.290. The number of hydrogen-bond acceptors (Lipinski definition) is 2. The number of amides is 1. The molecule has 3 heteroatoms. The number of carbonyl (C=O) groups excluding carboxylic acids is 1. The molecule has 1 saturated carbocycles. The first-order chi connectivity index (χ1) is 7.82. The van der Waals surface area contributed by atoms with Gasteiger partial charge in [0.05, 0.1) is 5.92 Å². The van der Waals surface area contributed by atoms with E-state index in [4.69, 9.17) is 5.73 Å². The predicted molar refractivity (Wildman–Crippen MR) is 69.5 cm³/mol. The zero-order valence-electron chi connectivity index (χ0n) is 11.5. The van der Waals surface area contributed by atoms with Crippen LogP contribution < -0.4 is 5.73 Å². The number of likely N-dealkylation sites (tertiary alicyclic amines) is 1. The molecule has 1 aliphatic heterocycles. The first-order valence-corrected chi connectivity index (χ1v) is 6.90. The Hall–Kier alpha value is -0.570. The molecule has 0 aromatic rings. The Morgan fingerprint density at radius 1 is 1.24 bits per heavy atom. The Morgan fingerprint density at radius 3 is 2.47 bits per heavy atom. The van der Waals surface area contributed by atoms with Crippen LogP contribution in [-0.4, -0.2) is 29.4 Å². The van der Waals surface area contributed by atoms with E-state index < -0.39 is 0 Å². The Morgan fingerprint density at radius 2 is 1.94 bits per heavy atom. The summed E-state index contributed by atoms with van der Waals surface area (Å²) in [6.07, 6.45) is 5.40. The maximum atomic E-state index is 12.5. The second-order valence-electron chi connectivity index (χ2n) is 6.98. The second kappa shape index (κ2) is 4.27. The lowest BCUT2D eigenvalue weighted by Gasteiger charge is -2.39. The van der Waals surface area contributed by atoms with Crippen molar-refractivity contribution in [1.82, 2.24) is 4.90 Å². The molecule has 0 bridgehead atoms. The Kier molecular flexibility index (Phi) is 3.23. The number of nitrogens with two attached hydrogens (primary N) is 1. The van der Waals surface area contributed by atoms with Crippen molar-refractivity contribution in [1.29, 1.82) is 0 Å². The van der Waals surface area contributed by atoms with Gasteiger partial charge in [0.25, 0.3) is 0 Å². The van der Waals surface area contributed by atoms with E-state index in [1.807, 2.05) is 4.90 Å². The first kappa shape index (κ1) is 12.9. The quantitative estimate of drug-likeness (QED) is 0.761. The van der Waals surface area contributed by atoms with Crippen LogP contribution in [0.2, 0.25) is 0 Å². The highest BCUT2D eigenvalue weighted by atomic mass is 16.2. The van der Waals surface area contributed by atoms with Crippen LogP contribution in [0.25, 0.3) is 0 Å². The molecule has 0 aromatic carbocycles. The highest BCUT2D eigenvalue weighted by Gasteiger charge is 2.42. The zero-order chi connectivity index (χ0) is 12.7. The summed E-state index contributed by atoms with van der Waals surface area (Å²) in [5.41, 5.74) is 6.31. The lowest BCUT2D eigenvalue weighted by Crippen LogP contribution is -2.53. The normalized spacial score (nSPS) is 37.2. The molecule has 2 rings (SSSR count). The molecule has 2 N–H and O–H groups in total. The topological polar surface area (TPSA) is 46.3 Å². The molecular weight excluding hydrogens is 212 g/mol. The summed E-state index contributed by atoms with van der Waals surface area (Å²) in [6.45, 7) is 8.35. The first-order valence-electron chi connectivity index (χ1n) is 6.90. The fourth-order valence-electron chi connectivity index (χ4n) is 3.28. The highest BCUT2D eigenvalue weighted by Crippen LogP contribution is 2.36. The van der Waals surface area contributed by atoms with Gasteiger partial charge in [-0.1, -0.05) is 26.7 Å². The smallest absolute Gasteiger partial charge is 0.227 e. The molecule has 17 heavy (non-hydrogen) atoms. The Labute approximate surface area is 105 Å². The lowest BCUT2D eigenvalue weighted by molar-refractivity contribution is -0.138. The molecule has 3 nitrogen and oxygen atoms in total. The van der Waals surface area contributed by atoms with Crippen LogP contribution in [0.5, 0.6) is 0 Å². The summed E-state index contributed by atoms with van der Waals surface area (Å²) < 4.78 is 0. The van der Waals surface area contributed by atoms with Crippen LogP contribution in [0.4, 0.5) is 0 Å². The van der Waals surface area contributed by atoms with Crippen LogP contribution in [0.1, 0.15) is 52.9 Å². The largest absolute Gasteiger partial charge is 0.342 e. The molecule has 1 amide bonds. The van der Waals surface area contributed by atoms with E-state index in [0.717, 1.165) is 38.8 Å². The van der Waals surface area contributed by atoms with Crippen molar-refractivity contribution in [3.63, 3.8) is 0 Å². The summed E-state index contributed by atoms with van der Waals surface area (Å²) in [4.78, 5) is 14.6. The maximum absolute atomic E-state index is 12.5. The molecule has 2 aliphatic rings. The van der Waals surface area contributed by atoms with Crippen molar-refractivity contribution in [3.8, 4) is 0 Å². The molecule has 1 saturated heterocycles. The van der Waals surface area contributed by atoms with Crippen LogP contribution in [0, 0.1) is 11.3 Å². The van der Waals surface area contributed by atoms with E-state index in [1.54, 1.807) is 0 Å². The summed E-state index contributed by atoms with van der Waals surface area (Å²) >= 11 is 0. The minimum Gasteiger partial charge on any atom is -0.342 e. The predicted octanol–water partition coefficient (Wildman–Crippen LogP) is 2.15. The van der Waals surface area contributed by atoms with Gasteiger partial charge in [0.1, 0.15) is 0 Å². The van der Waals surface area contributed by atoms with Gasteiger partial charge < -0.3 is 10.6 Å². The van der Waals surface area contributed by atoms with Crippen molar-refractivity contribution in [3.05, 3.63) is 0 Å². The van der Waals surface area contributed by atoms with Gasteiger partial charge in [-0.15, -0.1) is 0 Å². The molecule has 1 heterocycles. The average Bonchev–Trinajstić information content (AvgIpc) is 2.57. The van der Waals surface area contributed by atoms with Gasteiger partial charge in [0, 0.05) is 18.6 Å². The molecule has 2 unspecified atom stereocenters. The summed E-state index contributed by atoms with van der Waals surface area (Å²) in [5, 5.41) is 0. The van der Waals surface area contributed by atoms with Crippen LogP contribution in [-0.2, 0) is 4.79 Å². The maximum Gasteiger partial charge on any atom is 0.227 e. The molecule has 2 atom stereocenters. The zero-order valence-corrected chi connectivity index (χ0v) is 11.5. The third kappa shape index (κ3) is 2.65. The van der Waals surface area contributed by atoms with E-state index in [1.165, 1.54) is 6.42 Å². The standard InChI is InChI=1S/C14H26N2O/c1-13(2)8-9-16(10-13)12(17)11-6-4-5-7-14(11,3)15/h11H,4-10,15H2,1-3H3. The molecule has 0 spiro atoms. The third-order valence-corrected chi connectivity index (χ3v) is 4.54. The minimum absolute atomic E-state index is 0.0464. The van der Waals surface area contributed by atoms with Gasteiger partial charge >= 0.3 is 0 Å². The van der Waals surface area contributed by atoms with Crippen molar-refractivity contribution < 1.29 is 4.79 Å². The van der Waals surface area contributed by atoms with Crippen molar-refractivity contribution in [2.45, 2.75) is 58.4 Å². The van der Waals surface area contributed by atoms with Crippen LogP contribution >= 0.6 is 0 Å². The fourth-order valence-corrected chi connectivity index (χ4v) is 3.28. The number of nitrogens with zero attached hydrogens (tertiary/aromatic N) is 1. The molecule has 98 valence electrons. The molecule has 1 aliphatic carbocycles. The van der Waals surface area contributed by atoms with Crippen molar-refractivity contribution in [2.24, 2.45) is 17.1 Å².